The molecule has 0 N–H and O–H groups in total. The number of hydrogen-bond donors (Lipinski definition) is 0. The molecule has 1 unspecified atom stereocenters. The lowest BCUT2D eigenvalue weighted by atomic mass is 9.63. The lowest BCUT2D eigenvalue weighted by Crippen LogP contribution is -2.31. The largest absolute Gasteiger partial charge is 0.0619 e. The van der Waals surface area contributed by atoms with Crippen molar-refractivity contribution in [2.45, 2.75) is 11.3 Å². The van der Waals surface area contributed by atoms with E-state index in [1.54, 1.807) is 0 Å². The summed E-state index contributed by atoms with van der Waals surface area (Å²) in [7, 11) is 0. The second kappa shape index (κ2) is 4.61. The molecule has 0 heterocycles. The standard InChI is InChI=1S/C26H15Br/c27-22-14-13-18-24-23(22)17-9-3-6-12-21(17)26(25(18)24)19-10-4-1-7-15(19)16-8-2-5-11-20(16)26/h1-14,25H. The SMILES string of the molecule is Brc1ccc2c3c1-c1ccccc1C1(c4ccccc4-c4ccccc41)C23. The summed E-state index contributed by atoms with van der Waals surface area (Å²) in [5.74, 6) is 0.443. The molecule has 0 fully saturated rings. The van der Waals surface area contributed by atoms with E-state index in [4.69, 9.17) is 0 Å². The molecule has 1 atom stereocenters. The zero-order chi connectivity index (χ0) is 17.8. The zero-order valence-electron chi connectivity index (χ0n) is 14.5. The van der Waals surface area contributed by atoms with Crippen molar-refractivity contribution in [1.29, 1.82) is 0 Å². The Kier molecular flexibility index (Phi) is 2.46. The molecule has 4 aromatic carbocycles. The van der Waals surface area contributed by atoms with E-state index in [9.17, 15) is 0 Å². The maximum atomic E-state index is 3.83. The molecular weight excluding hydrogens is 392 g/mol. The molecule has 7 rings (SSSR count). The lowest BCUT2D eigenvalue weighted by molar-refractivity contribution is 0.611. The van der Waals surface area contributed by atoms with Crippen molar-refractivity contribution < 1.29 is 0 Å². The van der Waals surface area contributed by atoms with Crippen LogP contribution in [-0.2, 0) is 5.41 Å². The molecule has 126 valence electrons. The van der Waals surface area contributed by atoms with Crippen LogP contribution in [0, 0.1) is 0 Å². The van der Waals surface area contributed by atoms with Crippen LogP contribution in [0.2, 0.25) is 0 Å². The van der Waals surface area contributed by atoms with Crippen LogP contribution in [0.1, 0.15) is 33.7 Å². The van der Waals surface area contributed by atoms with Crippen molar-refractivity contribution in [1.82, 2.24) is 0 Å². The normalized spacial score (nSPS) is 18.5. The van der Waals surface area contributed by atoms with E-state index < -0.39 is 0 Å². The molecule has 0 saturated carbocycles. The monoisotopic (exact) mass is 406 g/mol. The Morgan fingerprint density at radius 3 is 1.74 bits per heavy atom. The van der Waals surface area contributed by atoms with E-state index >= 15 is 0 Å². The summed E-state index contributed by atoms with van der Waals surface area (Å²) in [5, 5.41) is 0. The summed E-state index contributed by atoms with van der Waals surface area (Å²) in [6.45, 7) is 0. The highest BCUT2D eigenvalue weighted by Crippen LogP contribution is 2.72. The van der Waals surface area contributed by atoms with Gasteiger partial charge in [0, 0.05) is 16.0 Å². The average molecular weight is 407 g/mol. The summed E-state index contributed by atoms with van der Waals surface area (Å²) in [5.41, 5.74) is 12.9. The van der Waals surface area contributed by atoms with Gasteiger partial charge in [0.1, 0.15) is 0 Å². The van der Waals surface area contributed by atoms with Gasteiger partial charge in [0.05, 0.1) is 5.41 Å². The van der Waals surface area contributed by atoms with Crippen molar-refractivity contribution in [2.75, 3.05) is 0 Å². The van der Waals surface area contributed by atoms with Crippen LogP contribution in [0.5, 0.6) is 0 Å². The molecule has 0 radical (unpaired) electrons. The van der Waals surface area contributed by atoms with E-state index in [2.05, 4.69) is 101 Å². The van der Waals surface area contributed by atoms with Crippen LogP contribution >= 0.6 is 15.9 Å². The van der Waals surface area contributed by atoms with Gasteiger partial charge in [0.15, 0.2) is 0 Å². The molecule has 0 nitrogen and oxygen atoms in total. The third-order valence-corrected chi connectivity index (χ3v) is 7.45. The maximum absolute atomic E-state index is 3.83. The summed E-state index contributed by atoms with van der Waals surface area (Å²) >= 11 is 3.83. The van der Waals surface area contributed by atoms with Gasteiger partial charge in [-0.15, -0.1) is 0 Å². The number of halogens is 1. The minimum absolute atomic E-state index is 0.0973. The van der Waals surface area contributed by atoms with Gasteiger partial charge in [-0.25, -0.2) is 0 Å². The molecule has 1 heteroatoms. The van der Waals surface area contributed by atoms with Crippen molar-refractivity contribution in [3.8, 4) is 22.3 Å². The Bertz CT molecular complexity index is 1250. The van der Waals surface area contributed by atoms with Gasteiger partial charge in [-0.1, -0.05) is 94.8 Å². The number of fused-ring (bicyclic) bond motifs is 10. The predicted octanol–water partition coefficient (Wildman–Crippen LogP) is 6.89. The van der Waals surface area contributed by atoms with Crippen LogP contribution in [0.25, 0.3) is 22.3 Å². The van der Waals surface area contributed by atoms with Crippen LogP contribution < -0.4 is 0 Å². The molecule has 4 aromatic rings. The molecule has 0 aromatic heterocycles. The van der Waals surface area contributed by atoms with Crippen molar-refractivity contribution in [2.24, 2.45) is 0 Å². The zero-order valence-corrected chi connectivity index (χ0v) is 16.1. The number of rotatable bonds is 0. The maximum Gasteiger partial charge on any atom is 0.0578 e. The van der Waals surface area contributed by atoms with E-state index in [-0.39, 0.29) is 5.41 Å². The van der Waals surface area contributed by atoms with Gasteiger partial charge in [-0.05, 0) is 50.6 Å². The highest BCUT2D eigenvalue weighted by molar-refractivity contribution is 9.10. The summed E-state index contributed by atoms with van der Waals surface area (Å²) < 4.78 is 1.21. The minimum atomic E-state index is -0.0973. The fraction of sp³-hybridized carbons (Fsp3) is 0.0769. The van der Waals surface area contributed by atoms with Crippen LogP contribution in [-0.4, -0.2) is 0 Å². The lowest BCUT2D eigenvalue weighted by Gasteiger charge is -2.38. The molecular formula is C26H15Br. The summed E-state index contributed by atoms with van der Waals surface area (Å²) in [6, 6.07) is 31.6. The van der Waals surface area contributed by atoms with E-state index in [1.807, 2.05) is 0 Å². The molecule has 1 spiro atoms. The molecule has 0 bridgehead atoms. The van der Waals surface area contributed by atoms with Crippen molar-refractivity contribution in [3.05, 3.63) is 117 Å². The highest BCUT2D eigenvalue weighted by atomic mass is 79.9. The molecule has 0 saturated heterocycles. The van der Waals surface area contributed by atoms with Gasteiger partial charge in [0.25, 0.3) is 0 Å². The topological polar surface area (TPSA) is 0 Å². The Balaban J connectivity index is 1.71. The van der Waals surface area contributed by atoms with Gasteiger partial charge in [-0.3, -0.25) is 0 Å². The molecule has 3 aliphatic carbocycles. The minimum Gasteiger partial charge on any atom is -0.0619 e. The van der Waals surface area contributed by atoms with E-state index in [0.717, 1.165) is 0 Å². The quantitative estimate of drug-likeness (QED) is 0.298. The average Bonchev–Trinajstić information content (AvgIpc) is 3.38. The Labute approximate surface area is 166 Å². The highest BCUT2D eigenvalue weighted by Gasteiger charge is 2.61. The second-order valence-corrected chi connectivity index (χ2v) is 8.66. The Hall–Kier alpha value is -2.64. The predicted molar refractivity (Wildman–Crippen MR) is 113 cm³/mol. The molecule has 3 aliphatic rings. The van der Waals surface area contributed by atoms with Crippen LogP contribution in [0.4, 0.5) is 0 Å². The van der Waals surface area contributed by atoms with Crippen LogP contribution in [0.3, 0.4) is 0 Å². The summed E-state index contributed by atoms with van der Waals surface area (Å²) in [6.07, 6.45) is 0. The van der Waals surface area contributed by atoms with Gasteiger partial charge in [0.2, 0.25) is 0 Å². The molecule has 0 amide bonds. The number of benzene rings is 4. The first kappa shape index (κ1) is 14.4. The summed E-state index contributed by atoms with van der Waals surface area (Å²) in [4.78, 5) is 0. The smallest absolute Gasteiger partial charge is 0.0578 e. The van der Waals surface area contributed by atoms with E-state index in [1.165, 1.54) is 54.5 Å². The van der Waals surface area contributed by atoms with Gasteiger partial charge < -0.3 is 0 Å². The Morgan fingerprint density at radius 1 is 0.593 bits per heavy atom. The fourth-order valence-corrected chi connectivity index (χ4v) is 6.44. The first-order chi connectivity index (χ1) is 13.3. The molecule has 27 heavy (non-hydrogen) atoms. The third kappa shape index (κ3) is 1.46. The number of hydrogen-bond acceptors (Lipinski definition) is 0. The van der Waals surface area contributed by atoms with Crippen LogP contribution in [0.15, 0.2) is 89.4 Å². The fourth-order valence-electron chi connectivity index (χ4n) is 5.88. The third-order valence-electron chi connectivity index (χ3n) is 6.79. The van der Waals surface area contributed by atoms with Gasteiger partial charge in [-0.2, -0.15) is 0 Å². The second-order valence-electron chi connectivity index (χ2n) is 7.80. The molecule has 0 aliphatic heterocycles. The van der Waals surface area contributed by atoms with E-state index in [0.29, 0.717) is 5.92 Å². The van der Waals surface area contributed by atoms with Crippen molar-refractivity contribution >= 4 is 15.9 Å². The van der Waals surface area contributed by atoms with Crippen molar-refractivity contribution in [3.63, 3.8) is 0 Å². The van der Waals surface area contributed by atoms with Gasteiger partial charge >= 0.3 is 0 Å². The first-order valence-electron chi connectivity index (χ1n) is 9.45. The Morgan fingerprint density at radius 2 is 1.11 bits per heavy atom. The first-order valence-corrected chi connectivity index (χ1v) is 10.2.